The van der Waals surface area contributed by atoms with Crippen molar-refractivity contribution in [3.05, 3.63) is 47.8 Å². The molecule has 0 unspecified atom stereocenters. The van der Waals surface area contributed by atoms with Crippen LogP contribution in [0, 0.1) is 0 Å². The summed E-state index contributed by atoms with van der Waals surface area (Å²) in [5.41, 5.74) is -0.643. The molecule has 0 bridgehead atoms. The van der Waals surface area contributed by atoms with Gasteiger partial charge in [-0.15, -0.1) is 0 Å². The van der Waals surface area contributed by atoms with Crippen LogP contribution in [0.3, 0.4) is 0 Å². The van der Waals surface area contributed by atoms with Crippen molar-refractivity contribution in [1.29, 1.82) is 0 Å². The van der Waals surface area contributed by atoms with Crippen molar-refractivity contribution in [3.8, 4) is 17.2 Å². The van der Waals surface area contributed by atoms with Crippen LogP contribution in [0.25, 0.3) is 0 Å². The normalized spacial score (nSPS) is 14.5. The summed E-state index contributed by atoms with van der Waals surface area (Å²) in [6.07, 6.45) is -3.88. The minimum absolute atomic E-state index is 0.0662. The Hall–Kier alpha value is -2.97. The maximum atomic E-state index is 12.7. The van der Waals surface area contributed by atoms with Gasteiger partial charge in [0.15, 0.2) is 0 Å². The largest absolute Gasteiger partial charge is 0.497 e. The molecule has 1 aromatic carbocycles. The fraction of sp³-hybridized carbons (Fsp3) is 0.333. The molecule has 27 heavy (non-hydrogen) atoms. The fourth-order valence-corrected chi connectivity index (χ4v) is 2.66. The summed E-state index contributed by atoms with van der Waals surface area (Å²) in [6.45, 7) is 0.523. The SMILES string of the molecule is COc1ccc(C(=O)N2CC(Oc3ccnc(C(F)(F)F)c3)C2)c(OC)c1. The van der Waals surface area contributed by atoms with Crippen molar-refractivity contribution >= 4 is 5.91 Å². The lowest BCUT2D eigenvalue weighted by molar-refractivity contribution is -0.141. The van der Waals surface area contributed by atoms with E-state index in [2.05, 4.69) is 4.98 Å². The molecule has 1 aliphatic rings. The van der Waals surface area contributed by atoms with E-state index in [1.54, 1.807) is 18.2 Å². The van der Waals surface area contributed by atoms with Gasteiger partial charge in [0.1, 0.15) is 29.0 Å². The maximum absolute atomic E-state index is 12.7. The van der Waals surface area contributed by atoms with Gasteiger partial charge in [-0.2, -0.15) is 13.2 Å². The molecule has 0 N–H and O–H groups in total. The first-order valence-corrected chi connectivity index (χ1v) is 8.03. The lowest BCUT2D eigenvalue weighted by Crippen LogP contribution is -2.56. The van der Waals surface area contributed by atoms with Gasteiger partial charge >= 0.3 is 6.18 Å². The minimum Gasteiger partial charge on any atom is -0.497 e. The highest BCUT2D eigenvalue weighted by Crippen LogP contribution is 2.31. The Morgan fingerprint density at radius 1 is 1.11 bits per heavy atom. The molecule has 2 heterocycles. The molecule has 2 aromatic rings. The van der Waals surface area contributed by atoms with E-state index in [9.17, 15) is 18.0 Å². The zero-order valence-corrected chi connectivity index (χ0v) is 14.6. The summed E-state index contributed by atoms with van der Waals surface area (Å²) in [5, 5.41) is 0. The molecule has 144 valence electrons. The van der Waals surface area contributed by atoms with Crippen molar-refractivity contribution < 1.29 is 32.2 Å². The van der Waals surface area contributed by atoms with Crippen molar-refractivity contribution in [2.75, 3.05) is 27.3 Å². The Morgan fingerprint density at radius 3 is 2.48 bits per heavy atom. The number of carbonyl (C=O) groups excluding carboxylic acids is 1. The van der Waals surface area contributed by atoms with Gasteiger partial charge in [0.25, 0.3) is 5.91 Å². The van der Waals surface area contributed by atoms with E-state index in [1.807, 2.05) is 0 Å². The van der Waals surface area contributed by atoms with Gasteiger partial charge in [0.2, 0.25) is 0 Å². The maximum Gasteiger partial charge on any atom is 0.433 e. The highest BCUT2D eigenvalue weighted by Gasteiger charge is 2.36. The predicted molar refractivity (Wildman–Crippen MR) is 89.1 cm³/mol. The Kier molecular flexibility index (Phi) is 5.11. The molecule has 1 aromatic heterocycles. The average molecular weight is 382 g/mol. The number of ether oxygens (including phenoxy) is 3. The van der Waals surface area contributed by atoms with E-state index in [-0.39, 0.29) is 30.9 Å². The number of hydrogen-bond donors (Lipinski definition) is 0. The molecule has 0 atom stereocenters. The topological polar surface area (TPSA) is 60.9 Å². The number of benzene rings is 1. The summed E-state index contributed by atoms with van der Waals surface area (Å²) >= 11 is 0. The van der Waals surface area contributed by atoms with Crippen LogP contribution in [0.4, 0.5) is 13.2 Å². The third kappa shape index (κ3) is 4.07. The summed E-state index contributed by atoms with van der Waals surface area (Å²) < 4.78 is 53.9. The number of likely N-dealkylation sites (tertiary alicyclic amines) is 1. The molecule has 0 aliphatic carbocycles. The molecular formula is C18H17F3N2O4. The number of nitrogens with zero attached hydrogens (tertiary/aromatic N) is 2. The van der Waals surface area contributed by atoms with E-state index in [4.69, 9.17) is 14.2 Å². The smallest absolute Gasteiger partial charge is 0.433 e. The number of methoxy groups -OCH3 is 2. The second-order valence-electron chi connectivity index (χ2n) is 5.89. The Morgan fingerprint density at radius 2 is 1.85 bits per heavy atom. The first kappa shape index (κ1) is 18.8. The van der Waals surface area contributed by atoms with Crippen LogP contribution in [-0.2, 0) is 6.18 Å². The van der Waals surface area contributed by atoms with Crippen LogP contribution in [-0.4, -0.2) is 49.2 Å². The number of rotatable bonds is 5. The second-order valence-corrected chi connectivity index (χ2v) is 5.89. The van der Waals surface area contributed by atoms with Gasteiger partial charge in [-0.05, 0) is 18.2 Å². The summed E-state index contributed by atoms with van der Waals surface area (Å²) in [5.74, 6) is 0.760. The molecule has 9 heteroatoms. The van der Waals surface area contributed by atoms with E-state index < -0.39 is 11.9 Å². The van der Waals surface area contributed by atoms with Crippen LogP contribution in [0.5, 0.6) is 17.2 Å². The van der Waals surface area contributed by atoms with Gasteiger partial charge in [0, 0.05) is 18.3 Å². The fourth-order valence-electron chi connectivity index (χ4n) is 2.66. The third-order valence-electron chi connectivity index (χ3n) is 4.10. The van der Waals surface area contributed by atoms with Crippen molar-refractivity contribution in [3.63, 3.8) is 0 Å². The van der Waals surface area contributed by atoms with Crippen LogP contribution < -0.4 is 14.2 Å². The number of alkyl halides is 3. The van der Waals surface area contributed by atoms with Crippen LogP contribution in [0.15, 0.2) is 36.5 Å². The number of hydrogen-bond acceptors (Lipinski definition) is 5. The van der Waals surface area contributed by atoms with Gasteiger partial charge in [-0.3, -0.25) is 9.78 Å². The molecule has 3 rings (SSSR count). The Balaban J connectivity index is 1.62. The second kappa shape index (κ2) is 7.34. The lowest BCUT2D eigenvalue weighted by Gasteiger charge is -2.39. The molecule has 1 fully saturated rings. The standard InChI is InChI=1S/C18H17F3N2O4/c1-25-11-3-4-14(15(7-11)26-2)17(24)23-9-13(10-23)27-12-5-6-22-16(8-12)18(19,20)21/h3-8,13H,9-10H2,1-2H3. The molecule has 1 aliphatic heterocycles. The van der Waals surface area contributed by atoms with Crippen LogP contribution >= 0.6 is 0 Å². The zero-order chi connectivity index (χ0) is 19.6. The lowest BCUT2D eigenvalue weighted by atomic mass is 10.1. The predicted octanol–water partition coefficient (Wildman–Crippen LogP) is 3.02. The Labute approximate surface area is 153 Å². The zero-order valence-electron chi connectivity index (χ0n) is 14.6. The van der Waals surface area contributed by atoms with Crippen LogP contribution in [0.2, 0.25) is 0 Å². The number of halogens is 3. The molecule has 1 saturated heterocycles. The Bertz CT molecular complexity index is 836. The number of carbonyl (C=O) groups is 1. The summed E-state index contributed by atoms with van der Waals surface area (Å²) in [6, 6.07) is 7.06. The van der Waals surface area contributed by atoms with Gasteiger partial charge in [-0.25, -0.2) is 0 Å². The van der Waals surface area contributed by atoms with E-state index in [1.165, 1.54) is 25.2 Å². The monoisotopic (exact) mass is 382 g/mol. The minimum atomic E-state index is -4.54. The van der Waals surface area contributed by atoms with Gasteiger partial charge < -0.3 is 19.1 Å². The molecular weight excluding hydrogens is 365 g/mol. The highest BCUT2D eigenvalue weighted by atomic mass is 19.4. The summed E-state index contributed by atoms with van der Waals surface area (Å²) in [4.78, 5) is 17.4. The molecule has 1 amide bonds. The van der Waals surface area contributed by atoms with Crippen molar-refractivity contribution in [2.45, 2.75) is 12.3 Å². The quantitative estimate of drug-likeness (QED) is 0.796. The molecule has 0 radical (unpaired) electrons. The summed E-state index contributed by atoms with van der Waals surface area (Å²) in [7, 11) is 2.96. The highest BCUT2D eigenvalue weighted by molar-refractivity contribution is 5.97. The molecule has 0 spiro atoms. The van der Waals surface area contributed by atoms with Crippen molar-refractivity contribution in [1.82, 2.24) is 9.88 Å². The van der Waals surface area contributed by atoms with Crippen LogP contribution in [0.1, 0.15) is 16.1 Å². The molecule has 0 saturated carbocycles. The number of pyridine rings is 1. The average Bonchev–Trinajstić information content (AvgIpc) is 2.62. The van der Waals surface area contributed by atoms with E-state index >= 15 is 0 Å². The first-order valence-electron chi connectivity index (χ1n) is 8.03. The van der Waals surface area contributed by atoms with Gasteiger partial charge in [-0.1, -0.05) is 0 Å². The number of aromatic nitrogens is 1. The van der Waals surface area contributed by atoms with Gasteiger partial charge in [0.05, 0.1) is 32.9 Å². The van der Waals surface area contributed by atoms with Crippen molar-refractivity contribution in [2.24, 2.45) is 0 Å². The molecule has 6 nitrogen and oxygen atoms in total. The van der Waals surface area contributed by atoms with E-state index in [0.29, 0.717) is 17.1 Å². The first-order chi connectivity index (χ1) is 12.8. The number of amides is 1. The van der Waals surface area contributed by atoms with E-state index in [0.717, 1.165) is 12.3 Å². The third-order valence-corrected chi connectivity index (χ3v) is 4.10.